The fraction of sp³-hybridized carbons (Fsp3) is 0.333. The molecule has 0 spiro atoms. The van der Waals surface area contributed by atoms with Gasteiger partial charge in [0.1, 0.15) is 23.5 Å². The van der Waals surface area contributed by atoms with E-state index in [9.17, 15) is 4.39 Å². The zero-order chi connectivity index (χ0) is 22.1. The Labute approximate surface area is 188 Å². The van der Waals surface area contributed by atoms with E-state index in [0.717, 1.165) is 54.2 Å². The normalized spacial score (nSPS) is 25.8. The molecule has 164 valence electrons. The highest BCUT2D eigenvalue weighted by molar-refractivity contribution is 6.12. The highest BCUT2D eigenvalue weighted by atomic mass is 19.1. The number of hydrogen-bond donors (Lipinski definition) is 0. The molecule has 2 atom stereocenters. The van der Waals surface area contributed by atoms with Crippen LogP contribution in [0, 0.1) is 12.8 Å². The fourth-order valence-electron chi connectivity index (χ4n) is 4.61. The Balaban J connectivity index is 1.56. The van der Waals surface area contributed by atoms with Gasteiger partial charge in [0.15, 0.2) is 0 Å². The third kappa shape index (κ3) is 4.05. The van der Waals surface area contributed by atoms with E-state index in [1.165, 1.54) is 11.6 Å². The Bertz CT molecular complexity index is 1100. The van der Waals surface area contributed by atoms with E-state index in [2.05, 4.69) is 54.8 Å². The highest BCUT2D eigenvalue weighted by Gasteiger charge is 2.35. The topological polar surface area (TPSA) is 37.2 Å². The van der Waals surface area contributed by atoms with Gasteiger partial charge in [-0.05, 0) is 36.1 Å². The van der Waals surface area contributed by atoms with Crippen molar-refractivity contribution in [3.8, 4) is 0 Å². The second-order valence-electron chi connectivity index (χ2n) is 8.68. The summed E-state index contributed by atoms with van der Waals surface area (Å²) in [5.74, 6) is 1.30. The highest BCUT2D eigenvalue weighted by Crippen LogP contribution is 2.37. The summed E-state index contributed by atoms with van der Waals surface area (Å²) in [6.45, 7) is 9.64. The van der Waals surface area contributed by atoms with E-state index >= 15 is 0 Å². The third-order valence-corrected chi connectivity index (χ3v) is 6.39. The molecule has 0 saturated carbocycles. The van der Waals surface area contributed by atoms with Gasteiger partial charge in [-0.15, -0.1) is 0 Å². The van der Waals surface area contributed by atoms with Crippen molar-refractivity contribution >= 4 is 17.2 Å². The maximum atomic E-state index is 14.1. The van der Waals surface area contributed by atoms with Crippen molar-refractivity contribution in [1.82, 2.24) is 4.90 Å². The first-order valence-corrected chi connectivity index (χ1v) is 11.3. The number of ether oxygens (including phenoxy) is 1. The Morgan fingerprint density at radius 2 is 1.94 bits per heavy atom. The molecule has 2 aliphatic heterocycles. The molecule has 1 fully saturated rings. The summed E-state index contributed by atoms with van der Waals surface area (Å²) >= 11 is 0. The van der Waals surface area contributed by atoms with Crippen molar-refractivity contribution < 1.29 is 9.13 Å². The lowest BCUT2D eigenvalue weighted by Crippen LogP contribution is -2.41. The largest absolute Gasteiger partial charge is 0.380 e. The molecule has 2 unspecified atom stereocenters. The molecule has 0 aromatic heterocycles. The molecule has 2 heterocycles. The van der Waals surface area contributed by atoms with E-state index in [1.807, 2.05) is 6.08 Å². The van der Waals surface area contributed by atoms with Gasteiger partial charge in [-0.3, -0.25) is 4.99 Å². The number of hydrogen-bond acceptors (Lipinski definition) is 4. The Morgan fingerprint density at radius 1 is 1.09 bits per heavy atom. The number of amidine groups is 2. The second-order valence-corrected chi connectivity index (χ2v) is 8.68. The minimum atomic E-state index is -0.217. The van der Waals surface area contributed by atoms with Crippen LogP contribution in [0.4, 0.5) is 4.39 Å². The van der Waals surface area contributed by atoms with Crippen LogP contribution < -0.4 is 0 Å². The summed E-state index contributed by atoms with van der Waals surface area (Å²) in [7, 11) is 0. The van der Waals surface area contributed by atoms with E-state index in [4.69, 9.17) is 14.7 Å². The standard InChI is InChI=1S/C27H28FN3O/c1-18-7-9-20(10-8-18)23-11-12-24-25(19(23)2)29-26(21-5-3-6-22(28)17-21)30-27(24)31-13-4-15-32-16-14-31/h3,5-12,21,25H,2,4,13-17H2,1H3. The maximum absolute atomic E-state index is 14.1. The number of rotatable bonds is 2. The van der Waals surface area contributed by atoms with Gasteiger partial charge >= 0.3 is 0 Å². The molecule has 32 heavy (non-hydrogen) atoms. The number of benzene rings is 1. The van der Waals surface area contributed by atoms with Crippen LogP contribution >= 0.6 is 0 Å². The van der Waals surface area contributed by atoms with E-state index < -0.39 is 0 Å². The monoisotopic (exact) mass is 429 g/mol. The summed E-state index contributed by atoms with van der Waals surface area (Å²) in [5, 5.41) is 0. The number of fused-ring (bicyclic) bond motifs is 1. The SMILES string of the molecule is C=C1C(c2ccc(C)cc2)=CC=C2C(N3CCCOCC3)=NC(C3C=CC=C(F)C3)=NC12. The molecule has 2 aliphatic carbocycles. The van der Waals surface area contributed by atoms with Crippen molar-refractivity contribution in [2.75, 3.05) is 26.3 Å². The van der Waals surface area contributed by atoms with Gasteiger partial charge in [0.25, 0.3) is 0 Å². The van der Waals surface area contributed by atoms with Crippen molar-refractivity contribution in [2.24, 2.45) is 15.9 Å². The van der Waals surface area contributed by atoms with Crippen LogP contribution in [0.5, 0.6) is 0 Å². The molecule has 1 aromatic rings. The molecule has 0 amide bonds. The number of nitrogens with zero attached hydrogens (tertiary/aromatic N) is 3. The Morgan fingerprint density at radius 3 is 2.75 bits per heavy atom. The van der Waals surface area contributed by atoms with Crippen molar-refractivity contribution in [3.63, 3.8) is 0 Å². The summed E-state index contributed by atoms with van der Waals surface area (Å²) in [6, 6.07) is 8.27. The predicted molar refractivity (Wildman–Crippen MR) is 128 cm³/mol. The number of aliphatic imine (C=N–C) groups is 2. The van der Waals surface area contributed by atoms with Crippen LogP contribution in [0.25, 0.3) is 5.57 Å². The molecule has 5 rings (SSSR count). The maximum Gasteiger partial charge on any atom is 0.136 e. The lowest BCUT2D eigenvalue weighted by Gasteiger charge is -2.35. The molecule has 1 saturated heterocycles. The second kappa shape index (κ2) is 8.83. The van der Waals surface area contributed by atoms with Crippen LogP contribution in [-0.2, 0) is 4.74 Å². The van der Waals surface area contributed by atoms with Crippen LogP contribution in [0.3, 0.4) is 0 Å². The van der Waals surface area contributed by atoms with Crippen molar-refractivity contribution in [2.45, 2.75) is 25.8 Å². The first-order valence-electron chi connectivity index (χ1n) is 11.3. The number of halogens is 1. The van der Waals surface area contributed by atoms with Gasteiger partial charge in [-0.25, -0.2) is 9.38 Å². The average Bonchev–Trinajstić information content (AvgIpc) is 3.09. The molecule has 0 N–H and O–H groups in total. The molecular weight excluding hydrogens is 401 g/mol. The smallest absolute Gasteiger partial charge is 0.136 e. The van der Waals surface area contributed by atoms with Gasteiger partial charge in [0, 0.05) is 37.6 Å². The molecule has 4 nitrogen and oxygen atoms in total. The summed E-state index contributed by atoms with van der Waals surface area (Å²) in [6.07, 6.45) is 10.8. The fourth-order valence-corrected chi connectivity index (χ4v) is 4.61. The molecular formula is C27H28FN3O. The lowest BCUT2D eigenvalue weighted by atomic mass is 9.83. The molecule has 5 heteroatoms. The van der Waals surface area contributed by atoms with Crippen LogP contribution in [0.1, 0.15) is 24.0 Å². The van der Waals surface area contributed by atoms with Crippen molar-refractivity contribution in [3.05, 3.63) is 89.3 Å². The lowest BCUT2D eigenvalue weighted by molar-refractivity contribution is 0.147. The minimum absolute atomic E-state index is 0.135. The molecule has 0 bridgehead atoms. The van der Waals surface area contributed by atoms with Crippen LogP contribution in [0.15, 0.2) is 88.2 Å². The number of aryl methyl sites for hydroxylation is 1. The van der Waals surface area contributed by atoms with Gasteiger partial charge in [0.05, 0.1) is 6.61 Å². The van der Waals surface area contributed by atoms with Gasteiger partial charge in [0.2, 0.25) is 0 Å². The molecule has 4 aliphatic rings. The summed E-state index contributed by atoms with van der Waals surface area (Å²) in [5.41, 5.74) is 5.46. The Kier molecular flexibility index (Phi) is 5.75. The average molecular weight is 430 g/mol. The van der Waals surface area contributed by atoms with Crippen LogP contribution in [-0.4, -0.2) is 48.9 Å². The quantitative estimate of drug-likeness (QED) is 0.648. The van der Waals surface area contributed by atoms with E-state index in [1.54, 1.807) is 6.08 Å². The van der Waals surface area contributed by atoms with Gasteiger partial charge in [-0.2, -0.15) is 0 Å². The van der Waals surface area contributed by atoms with E-state index in [-0.39, 0.29) is 17.8 Å². The third-order valence-electron chi connectivity index (χ3n) is 6.39. The van der Waals surface area contributed by atoms with Gasteiger partial charge in [-0.1, -0.05) is 60.7 Å². The first kappa shape index (κ1) is 20.8. The molecule has 1 aromatic carbocycles. The first-order chi connectivity index (χ1) is 15.6. The van der Waals surface area contributed by atoms with Crippen LogP contribution in [0.2, 0.25) is 0 Å². The van der Waals surface area contributed by atoms with E-state index in [0.29, 0.717) is 18.9 Å². The summed E-state index contributed by atoms with van der Waals surface area (Å²) < 4.78 is 19.7. The number of allylic oxidation sites excluding steroid dienone is 5. The Hall–Kier alpha value is -3.05. The van der Waals surface area contributed by atoms with Crippen molar-refractivity contribution in [1.29, 1.82) is 0 Å². The predicted octanol–water partition coefficient (Wildman–Crippen LogP) is 5.21. The van der Waals surface area contributed by atoms with Gasteiger partial charge < -0.3 is 9.64 Å². The summed E-state index contributed by atoms with van der Waals surface area (Å²) in [4.78, 5) is 12.3. The zero-order valence-electron chi connectivity index (χ0n) is 18.4. The minimum Gasteiger partial charge on any atom is -0.380 e. The zero-order valence-corrected chi connectivity index (χ0v) is 18.4. The molecule has 0 radical (unpaired) electrons.